The lowest BCUT2D eigenvalue weighted by atomic mass is 10.1. The van der Waals surface area contributed by atoms with Crippen molar-refractivity contribution in [3.63, 3.8) is 0 Å². The van der Waals surface area contributed by atoms with Gasteiger partial charge in [0, 0.05) is 12.2 Å². The Balaban J connectivity index is 1.35. The highest BCUT2D eigenvalue weighted by molar-refractivity contribution is 5.74. The van der Waals surface area contributed by atoms with Crippen molar-refractivity contribution in [2.45, 2.75) is 31.9 Å². The number of halogens is 1. The molecule has 1 aromatic carbocycles. The van der Waals surface area contributed by atoms with Gasteiger partial charge in [-0.3, -0.25) is 5.10 Å². The maximum atomic E-state index is 13.1. The molecule has 2 amide bonds. The maximum absolute atomic E-state index is 13.1. The van der Waals surface area contributed by atoms with Crippen LogP contribution < -0.4 is 5.32 Å². The Kier molecular flexibility index (Phi) is 4.40. The van der Waals surface area contributed by atoms with Crippen molar-refractivity contribution >= 4 is 6.03 Å². The molecule has 0 radical (unpaired) electrons. The van der Waals surface area contributed by atoms with Crippen LogP contribution in [0.4, 0.5) is 9.18 Å². The summed E-state index contributed by atoms with van der Waals surface area (Å²) in [4.78, 5) is 14.2. The first-order chi connectivity index (χ1) is 12.2. The highest BCUT2D eigenvalue weighted by Gasteiger charge is 2.26. The van der Waals surface area contributed by atoms with Crippen LogP contribution >= 0.6 is 0 Å². The molecule has 6 nitrogen and oxygen atoms in total. The van der Waals surface area contributed by atoms with Crippen molar-refractivity contribution in [2.75, 3.05) is 19.7 Å². The van der Waals surface area contributed by atoms with E-state index in [1.165, 1.54) is 23.4 Å². The van der Waals surface area contributed by atoms with Gasteiger partial charge in [-0.15, -0.1) is 0 Å². The molecule has 4 rings (SSSR count). The molecule has 0 saturated carbocycles. The fraction of sp³-hybridized carbons (Fsp3) is 0.444. The van der Waals surface area contributed by atoms with Gasteiger partial charge in [0.25, 0.3) is 0 Å². The number of morpholine rings is 1. The largest absolute Gasteiger partial charge is 0.370 e. The molecular formula is C18H21FN4O2. The van der Waals surface area contributed by atoms with Gasteiger partial charge in [-0.05, 0) is 42.5 Å². The second kappa shape index (κ2) is 6.84. The number of benzene rings is 1. The monoisotopic (exact) mass is 344 g/mol. The van der Waals surface area contributed by atoms with E-state index in [4.69, 9.17) is 4.74 Å². The van der Waals surface area contributed by atoms with Gasteiger partial charge in [-0.2, -0.15) is 5.10 Å². The summed E-state index contributed by atoms with van der Waals surface area (Å²) in [5.41, 5.74) is 4.27. The average Bonchev–Trinajstić information content (AvgIpc) is 3.24. The van der Waals surface area contributed by atoms with E-state index in [0.29, 0.717) is 26.2 Å². The molecule has 2 heterocycles. The quantitative estimate of drug-likeness (QED) is 0.898. The Morgan fingerprint density at radius 1 is 1.36 bits per heavy atom. The van der Waals surface area contributed by atoms with Crippen molar-refractivity contribution in [1.82, 2.24) is 20.4 Å². The van der Waals surface area contributed by atoms with Crippen LogP contribution in [0.2, 0.25) is 0 Å². The van der Waals surface area contributed by atoms with Crippen LogP contribution in [-0.4, -0.2) is 40.8 Å². The van der Waals surface area contributed by atoms with Gasteiger partial charge in [0.05, 0.1) is 25.4 Å². The van der Waals surface area contributed by atoms with E-state index in [2.05, 4.69) is 15.5 Å². The van der Waals surface area contributed by atoms with Crippen LogP contribution in [-0.2, 0) is 24.1 Å². The maximum Gasteiger partial charge on any atom is 0.317 e. The second-order valence-electron chi connectivity index (χ2n) is 6.50. The number of carbonyl (C=O) groups is 1. The van der Waals surface area contributed by atoms with Crippen LogP contribution in [0.1, 0.15) is 35.0 Å². The molecule has 1 aromatic heterocycles. The summed E-state index contributed by atoms with van der Waals surface area (Å²) >= 11 is 0. The Morgan fingerprint density at radius 3 is 3.04 bits per heavy atom. The van der Waals surface area contributed by atoms with E-state index in [-0.39, 0.29) is 18.0 Å². The van der Waals surface area contributed by atoms with Gasteiger partial charge in [0.1, 0.15) is 11.9 Å². The third-order valence-electron chi connectivity index (χ3n) is 4.89. The first-order valence-electron chi connectivity index (χ1n) is 8.65. The van der Waals surface area contributed by atoms with Gasteiger partial charge in [-0.25, -0.2) is 9.18 Å². The molecule has 1 aliphatic carbocycles. The molecule has 7 heteroatoms. The van der Waals surface area contributed by atoms with Crippen molar-refractivity contribution in [3.8, 4) is 0 Å². The number of urea groups is 1. The highest BCUT2D eigenvalue weighted by atomic mass is 19.1. The molecule has 0 bridgehead atoms. The predicted molar refractivity (Wildman–Crippen MR) is 89.5 cm³/mol. The summed E-state index contributed by atoms with van der Waals surface area (Å²) in [7, 11) is 0. The minimum atomic E-state index is -0.277. The van der Waals surface area contributed by atoms with Gasteiger partial charge >= 0.3 is 6.03 Å². The Bertz CT molecular complexity index is 759. The molecule has 1 saturated heterocycles. The van der Waals surface area contributed by atoms with Crippen molar-refractivity contribution < 1.29 is 13.9 Å². The summed E-state index contributed by atoms with van der Waals surface area (Å²) in [6.07, 6.45) is 2.99. The number of nitrogens with one attached hydrogen (secondary N) is 2. The van der Waals surface area contributed by atoms with Crippen LogP contribution in [0.25, 0.3) is 0 Å². The highest BCUT2D eigenvalue weighted by Crippen LogP contribution is 2.24. The summed E-state index contributed by atoms with van der Waals surface area (Å²) in [5, 5.41) is 10.3. The van der Waals surface area contributed by atoms with Crippen molar-refractivity contribution in [1.29, 1.82) is 0 Å². The molecule has 1 fully saturated rings. The van der Waals surface area contributed by atoms with Crippen LogP contribution in [0.15, 0.2) is 24.3 Å². The molecule has 2 aliphatic rings. The number of ether oxygens (including phenoxy) is 1. The standard InChI is InChI=1S/C18H21FN4O2/c19-13-6-4-12(5-7-13)17-11-23(8-9-25-17)18(24)20-10-16-14-2-1-3-15(14)21-22-16/h4-7,17H,1-3,8-11H2,(H,20,24)(H,21,22)/t17-/m1/s1. The lowest BCUT2D eigenvalue weighted by molar-refractivity contribution is -0.0155. The van der Waals surface area contributed by atoms with Crippen LogP contribution in [0.5, 0.6) is 0 Å². The number of H-pyrrole nitrogens is 1. The minimum Gasteiger partial charge on any atom is -0.370 e. The number of hydrogen-bond acceptors (Lipinski definition) is 3. The fourth-order valence-electron chi connectivity index (χ4n) is 3.52. The number of fused-ring (bicyclic) bond motifs is 1. The molecule has 0 unspecified atom stereocenters. The Labute approximate surface area is 145 Å². The van der Waals surface area contributed by atoms with Gasteiger partial charge in [0.15, 0.2) is 0 Å². The molecule has 25 heavy (non-hydrogen) atoms. The number of aromatic nitrogens is 2. The third kappa shape index (κ3) is 3.37. The number of hydrogen-bond donors (Lipinski definition) is 2. The van der Waals surface area contributed by atoms with Gasteiger partial charge < -0.3 is 15.0 Å². The first kappa shape index (κ1) is 16.1. The first-order valence-corrected chi connectivity index (χ1v) is 8.65. The van der Waals surface area contributed by atoms with E-state index < -0.39 is 0 Å². The smallest absolute Gasteiger partial charge is 0.317 e. The van der Waals surface area contributed by atoms with E-state index in [9.17, 15) is 9.18 Å². The number of rotatable bonds is 3. The number of amides is 2. The third-order valence-corrected chi connectivity index (χ3v) is 4.89. The average molecular weight is 344 g/mol. The van der Waals surface area contributed by atoms with E-state index in [1.807, 2.05) is 0 Å². The summed E-state index contributed by atoms with van der Waals surface area (Å²) in [5.74, 6) is -0.277. The van der Waals surface area contributed by atoms with Crippen molar-refractivity contribution in [2.24, 2.45) is 0 Å². The van der Waals surface area contributed by atoms with E-state index >= 15 is 0 Å². The lowest BCUT2D eigenvalue weighted by Gasteiger charge is -2.33. The molecular weight excluding hydrogens is 323 g/mol. The zero-order valence-electron chi connectivity index (χ0n) is 13.9. The number of aromatic amines is 1. The second-order valence-corrected chi connectivity index (χ2v) is 6.50. The zero-order chi connectivity index (χ0) is 17.2. The molecule has 2 N–H and O–H groups in total. The normalized spacial score (nSPS) is 19.7. The minimum absolute atomic E-state index is 0.120. The SMILES string of the molecule is O=C(NCc1n[nH]c2c1CCC2)N1CCO[C@@H](c2ccc(F)cc2)C1. The number of nitrogens with zero attached hydrogens (tertiary/aromatic N) is 2. The predicted octanol–water partition coefficient (Wildman–Crippen LogP) is 2.32. The lowest BCUT2D eigenvalue weighted by Crippen LogP contribution is -2.47. The summed E-state index contributed by atoms with van der Waals surface area (Å²) < 4.78 is 18.8. The molecule has 0 spiro atoms. The Hall–Kier alpha value is -2.41. The molecule has 1 atom stereocenters. The molecule has 1 aliphatic heterocycles. The van der Waals surface area contributed by atoms with Crippen LogP contribution in [0, 0.1) is 5.82 Å². The topological polar surface area (TPSA) is 70.2 Å². The summed E-state index contributed by atoms with van der Waals surface area (Å²) in [6.45, 7) is 1.90. The fourth-order valence-corrected chi connectivity index (χ4v) is 3.52. The zero-order valence-corrected chi connectivity index (χ0v) is 13.9. The van der Waals surface area contributed by atoms with E-state index in [1.54, 1.807) is 17.0 Å². The molecule has 132 valence electrons. The number of carbonyl (C=O) groups excluding carboxylic acids is 1. The number of aryl methyl sites for hydroxylation is 1. The van der Waals surface area contributed by atoms with E-state index in [0.717, 1.165) is 30.5 Å². The van der Waals surface area contributed by atoms with Crippen LogP contribution in [0.3, 0.4) is 0 Å². The van der Waals surface area contributed by atoms with Gasteiger partial charge in [0.2, 0.25) is 0 Å². The molecule has 2 aromatic rings. The summed E-state index contributed by atoms with van der Waals surface area (Å²) in [6, 6.07) is 6.11. The Morgan fingerprint density at radius 2 is 2.20 bits per heavy atom. The van der Waals surface area contributed by atoms with Gasteiger partial charge in [-0.1, -0.05) is 12.1 Å². The van der Waals surface area contributed by atoms with Crippen molar-refractivity contribution in [3.05, 3.63) is 52.6 Å².